The number of hydrogen-bond acceptors (Lipinski definition) is 15. The Morgan fingerprint density at radius 1 is 0.676 bits per heavy atom. The van der Waals surface area contributed by atoms with Gasteiger partial charge in [-0.2, -0.15) is 0 Å². The van der Waals surface area contributed by atoms with Crippen molar-refractivity contribution in [1.82, 2.24) is 0 Å². The Morgan fingerprint density at radius 3 is 1.85 bits per heavy atom. The van der Waals surface area contributed by atoms with E-state index in [2.05, 4.69) is 0 Å². The molecule has 0 aromatic heterocycles. The Bertz CT molecular complexity index is 661. The highest BCUT2D eigenvalue weighted by Gasteiger charge is 2.57. The van der Waals surface area contributed by atoms with E-state index in [1.165, 1.54) is 6.92 Å². The normalized spacial score (nSPS) is 53.1. The number of rotatable bonds is 6. The second-order valence-electron chi connectivity index (χ2n) is 8.59. The van der Waals surface area contributed by atoms with Gasteiger partial charge in [-0.05, 0) is 6.92 Å². The maximum Gasteiger partial charge on any atom is 0.315 e. The fraction of sp³-hybridized carbons (Fsp3) is 1.00. The van der Waals surface area contributed by atoms with Crippen LogP contribution in [-0.4, -0.2) is 156 Å². The summed E-state index contributed by atoms with van der Waals surface area (Å²) in [7, 11) is 0. The molecule has 0 aliphatic carbocycles. The Balaban J connectivity index is 1.86. The van der Waals surface area contributed by atoms with Gasteiger partial charge in [-0.15, -0.1) is 0 Å². The highest BCUT2D eigenvalue weighted by atomic mass is 16.9. The molecular weight excluding hydrogens is 470 g/mol. The minimum Gasteiger partial charge on any atom is -0.394 e. The highest BCUT2D eigenvalue weighted by Crippen LogP contribution is 2.33. The van der Waals surface area contributed by atoms with Crippen molar-refractivity contribution in [2.24, 2.45) is 5.90 Å². The van der Waals surface area contributed by atoms with Crippen molar-refractivity contribution >= 4 is 0 Å². The SMILES string of the molecule is C[C@@H]1O[C@@H](O[C@H]2[C@H](O[C@H]3[C@H](O)[C@@H](O)[C@H](O)[O+](N)[C@@H]3CO)O[C@H](CO)[C@H](O)[C@@H]2O)[C@@H](O)[C@H](O)[C@@H]1O. The first kappa shape index (κ1) is 27.9. The molecule has 34 heavy (non-hydrogen) atoms. The van der Waals surface area contributed by atoms with Crippen LogP contribution in [0.3, 0.4) is 0 Å². The van der Waals surface area contributed by atoms with Gasteiger partial charge in [-0.25, -0.2) is 0 Å². The topological polar surface area (TPSA) is 268 Å². The zero-order chi connectivity index (χ0) is 25.5. The Kier molecular flexibility index (Phi) is 9.18. The molecule has 12 N–H and O–H groups in total. The first-order valence-electron chi connectivity index (χ1n) is 10.7. The zero-order valence-electron chi connectivity index (χ0n) is 18.2. The number of aliphatic hydroxyl groups is 10. The summed E-state index contributed by atoms with van der Waals surface area (Å²) in [5, 5.41) is 101. The van der Waals surface area contributed by atoms with Crippen molar-refractivity contribution in [3.05, 3.63) is 0 Å². The lowest BCUT2D eigenvalue weighted by Crippen LogP contribution is -2.69. The molecule has 0 unspecified atom stereocenters. The zero-order valence-corrected chi connectivity index (χ0v) is 18.2. The van der Waals surface area contributed by atoms with Crippen molar-refractivity contribution in [2.75, 3.05) is 13.2 Å². The molecule has 0 amide bonds. The smallest absolute Gasteiger partial charge is 0.315 e. The van der Waals surface area contributed by atoms with Crippen LogP contribution in [0.2, 0.25) is 0 Å². The van der Waals surface area contributed by atoms with E-state index in [0.717, 1.165) is 0 Å². The molecule has 0 spiro atoms. The predicted molar refractivity (Wildman–Crippen MR) is 104 cm³/mol. The first-order valence-corrected chi connectivity index (χ1v) is 10.7. The Labute approximate surface area is 193 Å². The summed E-state index contributed by atoms with van der Waals surface area (Å²) in [6.45, 7) is -0.171. The van der Waals surface area contributed by atoms with Gasteiger partial charge in [-0.3, -0.25) is 4.47 Å². The first-order chi connectivity index (χ1) is 15.9. The summed E-state index contributed by atoms with van der Waals surface area (Å²) in [6, 6.07) is 0. The molecular formula is C18H34NO15+. The highest BCUT2D eigenvalue weighted by molar-refractivity contribution is 4.96. The molecule has 0 radical (unpaired) electrons. The molecule has 200 valence electrons. The maximum atomic E-state index is 10.6. The van der Waals surface area contributed by atoms with E-state index in [1.54, 1.807) is 4.47 Å². The third-order valence-electron chi connectivity index (χ3n) is 6.37. The minimum absolute atomic E-state index is 0.773. The van der Waals surface area contributed by atoms with Crippen molar-refractivity contribution in [3.8, 4) is 0 Å². The molecule has 16 nitrogen and oxygen atoms in total. The quantitative estimate of drug-likeness (QED) is 0.150. The second kappa shape index (κ2) is 11.2. The molecule has 0 saturated carbocycles. The van der Waals surface area contributed by atoms with Crippen molar-refractivity contribution in [3.63, 3.8) is 0 Å². The predicted octanol–water partition coefficient (Wildman–Crippen LogP) is -7.14. The summed E-state index contributed by atoms with van der Waals surface area (Å²) in [6.07, 6.45) is -24.3. The van der Waals surface area contributed by atoms with Gasteiger partial charge < -0.3 is 70.0 Å². The van der Waals surface area contributed by atoms with Crippen LogP contribution >= 0.6 is 0 Å². The molecule has 3 aliphatic heterocycles. The van der Waals surface area contributed by atoms with Crippen molar-refractivity contribution in [2.45, 2.75) is 99.0 Å². The van der Waals surface area contributed by atoms with E-state index in [4.69, 9.17) is 24.8 Å². The lowest BCUT2D eigenvalue weighted by Gasteiger charge is -2.48. The van der Waals surface area contributed by atoms with Crippen LogP contribution in [0.5, 0.6) is 0 Å². The number of ether oxygens (including phenoxy) is 4. The standard InChI is InChI=1S/C18H34NO15/c1-4-7(22)9(24)13(28)17(30-4)33-15-10(25)8(23)5(2-20)31-18(15)32-14-6(3-21)34(19)16(29)12(27)11(14)26/h4-18,20-29H,2-3,19H2,1H3/q+1/t4-,5+,6+,7+,8-,9+,10-,11+,12+,13-,14+,15+,16+,17-,18-/m0/s1. The van der Waals surface area contributed by atoms with Gasteiger partial charge in [-0.1, -0.05) is 5.90 Å². The van der Waals surface area contributed by atoms with Gasteiger partial charge in [0.15, 0.2) is 24.8 Å². The number of nitrogens with two attached hydrogens (primary N) is 1. The second-order valence-corrected chi connectivity index (χ2v) is 8.59. The van der Waals surface area contributed by atoms with E-state index in [-0.39, 0.29) is 0 Å². The molecule has 3 saturated heterocycles. The van der Waals surface area contributed by atoms with Crippen LogP contribution in [0, 0.1) is 0 Å². The molecule has 3 rings (SSSR count). The summed E-state index contributed by atoms with van der Waals surface area (Å²) in [5.41, 5.74) is 0. The molecule has 15 atom stereocenters. The Morgan fingerprint density at radius 2 is 1.26 bits per heavy atom. The summed E-state index contributed by atoms with van der Waals surface area (Å²) in [5.74, 6) is 5.61. The van der Waals surface area contributed by atoms with Crippen molar-refractivity contribution in [1.29, 1.82) is 0 Å². The van der Waals surface area contributed by atoms with Gasteiger partial charge in [0.1, 0.15) is 55.4 Å². The van der Waals surface area contributed by atoms with E-state index >= 15 is 0 Å². The lowest BCUT2D eigenvalue weighted by molar-refractivity contribution is -0.426. The molecule has 3 fully saturated rings. The van der Waals surface area contributed by atoms with Gasteiger partial charge in [0.25, 0.3) is 0 Å². The molecule has 3 aliphatic rings. The van der Waals surface area contributed by atoms with Crippen molar-refractivity contribution < 1.29 is 74.5 Å². The fourth-order valence-corrected chi connectivity index (χ4v) is 4.18. The van der Waals surface area contributed by atoms with E-state index in [9.17, 15) is 51.1 Å². The monoisotopic (exact) mass is 504 g/mol. The van der Waals surface area contributed by atoms with Gasteiger partial charge >= 0.3 is 6.29 Å². The molecule has 3 heterocycles. The van der Waals surface area contributed by atoms with E-state index < -0.39 is 105 Å². The maximum absolute atomic E-state index is 10.6. The lowest BCUT2D eigenvalue weighted by atomic mass is 9.96. The third-order valence-corrected chi connectivity index (χ3v) is 6.37. The molecule has 0 bridgehead atoms. The number of hydrogen-bond donors (Lipinski definition) is 11. The van der Waals surface area contributed by atoms with Gasteiger partial charge in [0, 0.05) is 0 Å². The van der Waals surface area contributed by atoms with Crippen LogP contribution in [0.1, 0.15) is 6.92 Å². The van der Waals surface area contributed by atoms with Crippen LogP contribution in [-0.2, 0) is 23.4 Å². The Hall–Kier alpha value is -0.640. The molecule has 16 heteroatoms. The van der Waals surface area contributed by atoms with Crippen LogP contribution < -0.4 is 5.90 Å². The third kappa shape index (κ3) is 5.09. The van der Waals surface area contributed by atoms with Crippen LogP contribution in [0.15, 0.2) is 0 Å². The largest absolute Gasteiger partial charge is 0.394 e. The molecule has 0 aromatic carbocycles. The molecule has 0 aromatic rings. The average Bonchev–Trinajstić information content (AvgIpc) is 2.82. The van der Waals surface area contributed by atoms with Gasteiger partial charge in [0.2, 0.25) is 6.10 Å². The van der Waals surface area contributed by atoms with E-state index in [1.807, 2.05) is 0 Å². The van der Waals surface area contributed by atoms with Crippen LogP contribution in [0.4, 0.5) is 0 Å². The van der Waals surface area contributed by atoms with Gasteiger partial charge in [0.05, 0.1) is 12.7 Å². The minimum atomic E-state index is -1.86. The summed E-state index contributed by atoms with van der Waals surface area (Å²) >= 11 is 0. The fourth-order valence-electron chi connectivity index (χ4n) is 4.18. The summed E-state index contributed by atoms with van der Waals surface area (Å²) < 4.78 is 23.6. The summed E-state index contributed by atoms with van der Waals surface area (Å²) in [4.78, 5) is 0. The van der Waals surface area contributed by atoms with Crippen LogP contribution in [0.25, 0.3) is 0 Å². The average molecular weight is 504 g/mol. The van der Waals surface area contributed by atoms with E-state index in [0.29, 0.717) is 0 Å². The number of aliphatic hydroxyl groups excluding tert-OH is 10.